The van der Waals surface area contributed by atoms with Gasteiger partial charge < -0.3 is 4.90 Å². The van der Waals surface area contributed by atoms with Gasteiger partial charge in [-0.15, -0.1) is 10.2 Å². The highest BCUT2D eigenvalue weighted by Gasteiger charge is 2.28. The Bertz CT molecular complexity index is 628. The van der Waals surface area contributed by atoms with Gasteiger partial charge in [-0.1, -0.05) is 19.9 Å². The summed E-state index contributed by atoms with van der Waals surface area (Å²) >= 11 is 0. The second kappa shape index (κ2) is 5.84. The number of amides is 1. The quantitative estimate of drug-likeness (QED) is 0.871. The van der Waals surface area contributed by atoms with Crippen LogP contribution in [0, 0.1) is 5.92 Å². The summed E-state index contributed by atoms with van der Waals surface area (Å²) in [6.07, 6.45) is 4.87. The molecule has 5 heteroatoms. The summed E-state index contributed by atoms with van der Waals surface area (Å²) < 4.78 is 2.07. The van der Waals surface area contributed by atoms with Gasteiger partial charge in [0, 0.05) is 31.1 Å². The van der Waals surface area contributed by atoms with Gasteiger partial charge in [-0.3, -0.25) is 9.20 Å². The van der Waals surface area contributed by atoms with E-state index in [1.807, 2.05) is 36.2 Å². The molecule has 3 rings (SSSR count). The first-order valence-corrected chi connectivity index (χ1v) is 7.79. The molecule has 1 aliphatic heterocycles. The van der Waals surface area contributed by atoms with Crippen LogP contribution in [0.25, 0.3) is 5.65 Å². The Kier molecular flexibility index (Phi) is 3.90. The van der Waals surface area contributed by atoms with Crippen molar-refractivity contribution in [3.8, 4) is 0 Å². The van der Waals surface area contributed by atoms with Crippen molar-refractivity contribution in [2.24, 2.45) is 5.92 Å². The molecule has 0 bridgehead atoms. The minimum Gasteiger partial charge on any atom is -0.342 e. The number of hydrogen-bond donors (Lipinski definition) is 0. The molecule has 1 saturated heterocycles. The molecule has 0 spiro atoms. The lowest BCUT2D eigenvalue weighted by atomic mass is 9.94. The van der Waals surface area contributed by atoms with Gasteiger partial charge >= 0.3 is 0 Å². The Morgan fingerprint density at radius 2 is 2.10 bits per heavy atom. The van der Waals surface area contributed by atoms with Crippen molar-refractivity contribution in [3.63, 3.8) is 0 Å². The number of likely N-dealkylation sites (tertiary alicyclic amines) is 1. The maximum absolute atomic E-state index is 12.2. The number of aromatic nitrogens is 3. The molecule has 0 saturated carbocycles. The third-order valence-corrected chi connectivity index (χ3v) is 4.55. The van der Waals surface area contributed by atoms with Crippen molar-refractivity contribution >= 4 is 11.6 Å². The summed E-state index contributed by atoms with van der Waals surface area (Å²) in [5, 5.41) is 8.57. The van der Waals surface area contributed by atoms with E-state index in [0.717, 1.165) is 43.8 Å². The molecule has 0 aliphatic carbocycles. The van der Waals surface area contributed by atoms with Crippen LogP contribution in [0.15, 0.2) is 24.4 Å². The summed E-state index contributed by atoms with van der Waals surface area (Å²) in [4.78, 5) is 14.2. The van der Waals surface area contributed by atoms with E-state index in [9.17, 15) is 4.79 Å². The van der Waals surface area contributed by atoms with Crippen LogP contribution in [-0.4, -0.2) is 38.5 Å². The molecule has 0 N–H and O–H groups in total. The largest absolute Gasteiger partial charge is 0.342 e. The molecule has 2 aromatic rings. The Balaban J connectivity index is 1.70. The van der Waals surface area contributed by atoms with Gasteiger partial charge in [0.2, 0.25) is 5.91 Å². The van der Waals surface area contributed by atoms with Crippen LogP contribution in [0.1, 0.15) is 44.9 Å². The zero-order valence-corrected chi connectivity index (χ0v) is 12.7. The molecule has 1 unspecified atom stereocenters. The van der Waals surface area contributed by atoms with E-state index in [-0.39, 0.29) is 5.92 Å². The predicted molar refractivity (Wildman–Crippen MR) is 81.0 cm³/mol. The number of hydrogen-bond acceptors (Lipinski definition) is 3. The smallest absolute Gasteiger partial charge is 0.225 e. The first kappa shape index (κ1) is 14.0. The van der Waals surface area contributed by atoms with E-state index in [1.165, 1.54) is 0 Å². The SMILES string of the molecule is CCC(C)C(=O)N1CCC(c2nnc3ccccn23)CC1. The third kappa shape index (κ3) is 2.64. The number of carbonyl (C=O) groups excluding carboxylic acids is 1. The number of rotatable bonds is 3. The average Bonchev–Trinajstić information content (AvgIpc) is 2.97. The fourth-order valence-corrected chi connectivity index (χ4v) is 2.98. The van der Waals surface area contributed by atoms with E-state index < -0.39 is 0 Å². The summed E-state index contributed by atoms with van der Waals surface area (Å²) in [7, 11) is 0. The van der Waals surface area contributed by atoms with Crippen LogP contribution in [-0.2, 0) is 4.79 Å². The monoisotopic (exact) mass is 286 g/mol. The van der Waals surface area contributed by atoms with Gasteiger partial charge in [-0.2, -0.15) is 0 Å². The van der Waals surface area contributed by atoms with Crippen molar-refractivity contribution < 1.29 is 4.79 Å². The lowest BCUT2D eigenvalue weighted by Gasteiger charge is -2.32. The number of nitrogens with zero attached hydrogens (tertiary/aromatic N) is 4. The van der Waals surface area contributed by atoms with Crippen molar-refractivity contribution in [2.75, 3.05) is 13.1 Å². The molecule has 1 amide bonds. The van der Waals surface area contributed by atoms with Crippen LogP contribution < -0.4 is 0 Å². The van der Waals surface area contributed by atoms with E-state index >= 15 is 0 Å². The van der Waals surface area contributed by atoms with Crippen LogP contribution in [0.5, 0.6) is 0 Å². The van der Waals surface area contributed by atoms with Gasteiger partial charge in [-0.05, 0) is 31.4 Å². The molecular formula is C16H22N4O. The van der Waals surface area contributed by atoms with Crippen LogP contribution in [0.4, 0.5) is 0 Å². The van der Waals surface area contributed by atoms with E-state index in [1.54, 1.807) is 0 Å². The highest BCUT2D eigenvalue weighted by Crippen LogP contribution is 2.27. The molecule has 0 radical (unpaired) electrons. The molecule has 21 heavy (non-hydrogen) atoms. The maximum Gasteiger partial charge on any atom is 0.225 e. The zero-order chi connectivity index (χ0) is 14.8. The fourth-order valence-electron chi connectivity index (χ4n) is 2.98. The molecule has 0 aromatic carbocycles. The molecular weight excluding hydrogens is 264 g/mol. The van der Waals surface area contributed by atoms with E-state index in [0.29, 0.717) is 11.8 Å². The zero-order valence-electron chi connectivity index (χ0n) is 12.7. The van der Waals surface area contributed by atoms with E-state index in [4.69, 9.17) is 0 Å². The molecule has 1 aliphatic rings. The molecule has 3 heterocycles. The molecule has 2 aromatic heterocycles. The Morgan fingerprint density at radius 1 is 1.33 bits per heavy atom. The van der Waals surface area contributed by atoms with Crippen LogP contribution in [0.3, 0.4) is 0 Å². The summed E-state index contributed by atoms with van der Waals surface area (Å²) in [6, 6.07) is 5.95. The predicted octanol–water partition coefficient (Wildman–Crippen LogP) is 2.48. The topological polar surface area (TPSA) is 50.5 Å². The molecule has 112 valence electrons. The number of piperidine rings is 1. The first-order chi connectivity index (χ1) is 10.2. The van der Waals surface area contributed by atoms with Gasteiger partial charge in [0.05, 0.1) is 0 Å². The number of pyridine rings is 1. The van der Waals surface area contributed by atoms with Gasteiger partial charge in [-0.25, -0.2) is 0 Å². The summed E-state index contributed by atoms with van der Waals surface area (Å²) in [5.41, 5.74) is 0.894. The highest BCUT2D eigenvalue weighted by molar-refractivity contribution is 5.78. The minimum atomic E-state index is 0.135. The van der Waals surface area contributed by atoms with E-state index in [2.05, 4.69) is 21.5 Å². The number of fused-ring (bicyclic) bond motifs is 1. The van der Waals surface area contributed by atoms with Gasteiger partial charge in [0.1, 0.15) is 5.82 Å². The summed E-state index contributed by atoms with van der Waals surface area (Å²) in [5.74, 6) is 1.85. The van der Waals surface area contributed by atoms with Crippen LogP contribution in [0.2, 0.25) is 0 Å². The van der Waals surface area contributed by atoms with Crippen LogP contribution >= 0.6 is 0 Å². The van der Waals surface area contributed by atoms with Gasteiger partial charge in [0.25, 0.3) is 0 Å². The second-order valence-corrected chi connectivity index (χ2v) is 5.90. The maximum atomic E-state index is 12.2. The highest BCUT2D eigenvalue weighted by atomic mass is 16.2. The molecule has 1 atom stereocenters. The van der Waals surface area contributed by atoms with Crippen molar-refractivity contribution in [3.05, 3.63) is 30.2 Å². The summed E-state index contributed by atoms with van der Waals surface area (Å²) in [6.45, 7) is 5.74. The normalized spacial score (nSPS) is 18.1. The van der Waals surface area contributed by atoms with Crippen molar-refractivity contribution in [1.82, 2.24) is 19.5 Å². The van der Waals surface area contributed by atoms with Crippen molar-refractivity contribution in [1.29, 1.82) is 0 Å². The second-order valence-electron chi connectivity index (χ2n) is 5.90. The third-order valence-electron chi connectivity index (χ3n) is 4.55. The lowest BCUT2D eigenvalue weighted by Crippen LogP contribution is -2.40. The number of carbonyl (C=O) groups is 1. The van der Waals surface area contributed by atoms with Gasteiger partial charge in [0.15, 0.2) is 5.65 Å². The molecule has 5 nitrogen and oxygen atoms in total. The Morgan fingerprint density at radius 3 is 2.81 bits per heavy atom. The lowest BCUT2D eigenvalue weighted by molar-refractivity contribution is -0.136. The molecule has 1 fully saturated rings. The van der Waals surface area contributed by atoms with Crippen molar-refractivity contribution in [2.45, 2.75) is 39.0 Å². The average molecular weight is 286 g/mol. The fraction of sp³-hybridized carbons (Fsp3) is 0.562. The Labute approximate surface area is 125 Å². The first-order valence-electron chi connectivity index (χ1n) is 7.79. The standard InChI is InChI=1S/C16H22N4O/c1-3-12(2)16(21)19-10-7-13(8-11-19)15-18-17-14-6-4-5-9-20(14)15/h4-6,9,12-13H,3,7-8,10-11H2,1-2H3. The Hall–Kier alpha value is -1.91. The minimum absolute atomic E-state index is 0.135.